The SMILES string of the molecule is CSCCC1(C#N)CCCCN1. The lowest BCUT2D eigenvalue weighted by molar-refractivity contribution is 0.316. The van der Waals surface area contributed by atoms with Gasteiger partial charge in [0.15, 0.2) is 0 Å². The van der Waals surface area contributed by atoms with Gasteiger partial charge < -0.3 is 0 Å². The number of piperidine rings is 1. The van der Waals surface area contributed by atoms with Gasteiger partial charge in [-0.15, -0.1) is 0 Å². The summed E-state index contributed by atoms with van der Waals surface area (Å²) < 4.78 is 0. The van der Waals surface area contributed by atoms with Crippen LogP contribution >= 0.6 is 11.8 Å². The Kier molecular flexibility index (Phi) is 3.90. The Hall–Kier alpha value is -0.200. The van der Waals surface area contributed by atoms with Crippen molar-refractivity contribution < 1.29 is 0 Å². The van der Waals surface area contributed by atoms with Gasteiger partial charge in [-0.25, -0.2) is 0 Å². The molecule has 1 aliphatic rings. The van der Waals surface area contributed by atoms with E-state index in [1.165, 1.54) is 12.8 Å². The van der Waals surface area contributed by atoms with E-state index in [2.05, 4.69) is 17.6 Å². The first-order valence-electron chi connectivity index (χ1n) is 4.48. The Bertz CT molecular complexity index is 168. The van der Waals surface area contributed by atoms with Crippen molar-refractivity contribution in [2.75, 3.05) is 18.6 Å². The van der Waals surface area contributed by atoms with Crippen LogP contribution in [0.4, 0.5) is 0 Å². The molecular weight excluding hydrogens is 168 g/mol. The molecule has 1 aliphatic heterocycles. The van der Waals surface area contributed by atoms with Gasteiger partial charge in [-0.2, -0.15) is 17.0 Å². The highest BCUT2D eigenvalue weighted by molar-refractivity contribution is 7.98. The molecule has 1 saturated heterocycles. The fourth-order valence-corrected chi connectivity index (χ4v) is 2.16. The molecule has 3 heteroatoms. The number of hydrogen-bond acceptors (Lipinski definition) is 3. The summed E-state index contributed by atoms with van der Waals surface area (Å²) in [7, 11) is 0. The minimum absolute atomic E-state index is 0.193. The molecule has 12 heavy (non-hydrogen) atoms. The molecule has 68 valence electrons. The second-order valence-electron chi connectivity index (χ2n) is 3.32. The van der Waals surface area contributed by atoms with Gasteiger partial charge in [-0.05, 0) is 44.2 Å². The smallest absolute Gasteiger partial charge is 0.107 e. The molecule has 0 aromatic carbocycles. The summed E-state index contributed by atoms with van der Waals surface area (Å²) in [6, 6.07) is 2.43. The van der Waals surface area contributed by atoms with Crippen LogP contribution in [-0.2, 0) is 0 Å². The Balaban J connectivity index is 2.44. The molecule has 0 radical (unpaired) electrons. The van der Waals surface area contributed by atoms with E-state index < -0.39 is 0 Å². The van der Waals surface area contributed by atoms with Crippen molar-refractivity contribution in [3.63, 3.8) is 0 Å². The van der Waals surface area contributed by atoms with Crippen molar-refractivity contribution >= 4 is 11.8 Å². The molecule has 2 nitrogen and oxygen atoms in total. The highest BCUT2D eigenvalue weighted by atomic mass is 32.2. The molecule has 0 aromatic rings. The normalized spacial score (nSPS) is 29.7. The van der Waals surface area contributed by atoms with E-state index in [4.69, 9.17) is 5.26 Å². The molecule has 1 N–H and O–H groups in total. The standard InChI is InChI=1S/C9H16N2S/c1-12-7-5-9(8-10)4-2-3-6-11-9/h11H,2-7H2,1H3. The minimum Gasteiger partial charge on any atom is -0.299 e. The summed E-state index contributed by atoms with van der Waals surface area (Å²) in [6.45, 7) is 1.02. The van der Waals surface area contributed by atoms with E-state index in [0.29, 0.717) is 0 Å². The maximum absolute atomic E-state index is 9.05. The average molecular weight is 184 g/mol. The molecule has 1 unspecified atom stereocenters. The molecule has 0 aliphatic carbocycles. The fraction of sp³-hybridized carbons (Fsp3) is 0.889. The molecule has 1 atom stereocenters. The van der Waals surface area contributed by atoms with Crippen LogP contribution in [0, 0.1) is 11.3 Å². The summed E-state index contributed by atoms with van der Waals surface area (Å²) in [5.74, 6) is 1.08. The van der Waals surface area contributed by atoms with Gasteiger partial charge in [0, 0.05) is 0 Å². The van der Waals surface area contributed by atoms with Crippen LogP contribution in [-0.4, -0.2) is 24.1 Å². The zero-order chi connectivity index (χ0) is 8.86. The lowest BCUT2D eigenvalue weighted by atomic mass is 9.88. The zero-order valence-electron chi connectivity index (χ0n) is 7.60. The van der Waals surface area contributed by atoms with Crippen molar-refractivity contribution in [3.05, 3.63) is 0 Å². The lowest BCUT2D eigenvalue weighted by Gasteiger charge is -2.31. The van der Waals surface area contributed by atoms with Crippen molar-refractivity contribution in [2.24, 2.45) is 0 Å². The van der Waals surface area contributed by atoms with Crippen molar-refractivity contribution in [1.29, 1.82) is 5.26 Å². The molecule has 0 saturated carbocycles. The van der Waals surface area contributed by atoms with Crippen LogP contribution in [0.15, 0.2) is 0 Å². The first kappa shape index (κ1) is 9.88. The van der Waals surface area contributed by atoms with Crippen LogP contribution < -0.4 is 5.32 Å². The lowest BCUT2D eigenvalue weighted by Crippen LogP contribution is -2.47. The van der Waals surface area contributed by atoms with Crippen LogP contribution in [0.2, 0.25) is 0 Å². The predicted molar refractivity (Wildman–Crippen MR) is 53.2 cm³/mol. The number of thioether (sulfide) groups is 1. The highest BCUT2D eigenvalue weighted by Crippen LogP contribution is 2.23. The molecule has 1 rings (SSSR count). The highest BCUT2D eigenvalue weighted by Gasteiger charge is 2.30. The molecule has 0 amide bonds. The van der Waals surface area contributed by atoms with Crippen LogP contribution in [0.5, 0.6) is 0 Å². The second-order valence-corrected chi connectivity index (χ2v) is 4.31. The van der Waals surface area contributed by atoms with Gasteiger partial charge in [-0.1, -0.05) is 0 Å². The second kappa shape index (κ2) is 4.74. The predicted octanol–water partition coefficient (Wildman–Crippen LogP) is 1.78. The quantitative estimate of drug-likeness (QED) is 0.726. The largest absolute Gasteiger partial charge is 0.299 e. The number of nitrogens with zero attached hydrogens (tertiary/aromatic N) is 1. The molecule has 1 fully saturated rings. The first-order valence-corrected chi connectivity index (χ1v) is 5.88. The van der Waals surface area contributed by atoms with Crippen molar-refractivity contribution in [1.82, 2.24) is 5.32 Å². The molecule has 0 aromatic heterocycles. The third-order valence-electron chi connectivity index (χ3n) is 2.44. The summed E-state index contributed by atoms with van der Waals surface area (Å²) in [5, 5.41) is 12.4. The van der Waals surface area contributed by atoms with Gasteiger partial charge in [0.05, 0.1) is 6.07 Å². The first-order chi connectivity index (χ1) is 5.83. The minimum atomic E-state index is -0.193. The van der Waals surface area contributed by atoms with Crippen molar-refractivity contribution in [2.45, 2.75) is 31.2 Å². The third-order valence-corrected chi connectivity index (χ3v) is 3.05. The zero-order valence-corrected chi connectivity index (χ0v) is 8.41. The monoisotopic (exact) mass is 184 g/mol. The Morgan fingerprint density at radius 3 is 2.92 bits per heavy atom. The van der Waals surface area contributed by atoms with E-state index in [1.54, 1.807) is 0 Å². The number of nitriles is 1. The maximum Gasteiger partial charge on any atom is 0.107 e. The van der Waals surface area contributed by atoms with Crippen LogP contribution in [0.25, 0.3) is 0 Å². The molecular formula is C9H16N2S. The molecule has 0 bridgehead atoms. The van der Waals surface area contributed by atoms with Gasteiger partial charge in [-0.3, -0.25) is 5.32 Å². The number of hydrogen-bond donors (Lipinski definition) is 1. The summed E-state index contributed by atoms with van der Waals surface area (Å²) in [6.07, 6.45) is 6.54. The summed E-state index contributed by atoms with van der Waals surface area (Å²) >= 11 is 1.82. The van der Waals surface area contributed by atoms with Crippen LogP contribution in [0.3, 0.4) is 0 Å². The Labute approximate surface area is 78.7 Å². The van der Waals surface area contributed by atoms with Gasteiger partial charge >= 0.3 is 0 Å². The average Bonchev–Trinajstić information content (AvgIpc) is 2.16. The molecule has 0 spiro atoms. The van der Waals surface area contributed by atoms with E-state index in [0.717, 1.165) is 25.1 Å². The van der Waals surface area contributed by atoms with Crippen LogP contribution in [0.1, 0.15) is 25.7 Å². The topological polar surface area (TPSA) is 35.8 Å². The Morgan fingerprint density at radius 1 is 1.58 bits per heavy atom. The number of nitrogens with one attached hydrogen (secondary N) is 1. The summed E-state index contributed by atoms with van der Waals surface area (Å²) in [4.78, 5) is 0. The van der Waals surface area contributed by atoms with Gasteiger partial charge in [0.25, 0.3) is 0 Å². The van der Waals surface area contributed by atoms with Gasteiger partial charge in [0.1, 0.15) is 5.54 Å². The molecule has 1 heterocycles. The van der Waals surface area contributed by atoms with E-state index >= 15 is 0 Å². The maximum atomic E-state index is 9.05. The Morgan fingerprint density at radius 2 is 2.42 bits per heavy atom. The summed E-state index contributed by atoms with van der Waals surface area (Å²) in [5.41, 5.74) is -0.193. The fourth-order valence-electron chi connectivity index (χ4n) is 1.61. The third kappa shape index (κ3) is 2.40. The van der Waals surface area contributed by atoms with Gasteiger partial charge in [0.2, 0.25) is 0 Å². The number of rotatable bonds is 3. The van der Waals surface area contributed by atoms with Crippen molar-refractivity contribution in [3.8, 4) is 6.07 Å². The van der Waals surface area contributed by atoms with E-state index in [-0.39, 0.29) is 5.54 Å². The van der Waals surface area contributed by atoms with E-state index in [9.17, 15) is 0 Å². The van der Waals surface area contributed by atoms with E-state index in [1.807, 2.05) is 11.8 Å².